The first-order valence-electron chi connectivity index (χ1n) is 6.32. The highest BCUT2D eigenvalue weighted by Crippen LogP contribution is 2.22. The molecule has 0 saturated carbocycles. The van der Waals surface area contributed by atoms with E-state index in [1.807, 2.05) is 24.3 Å². The van der Waals surface area contributed by atoms with E-state index >= 15 is 0 Å². The van der Waals surface area contributed by atoms with Gasteiger partial charge in [0.05, 0.1) is 6.21 Å². The molecule has 2 aromatic rings. The summed E-state index contributed by atoms with van der Waals surface area (Å²) in [6.45, 7) is 4.19. The number of nitrogens with two attached hydrogens (primary N) is 1. The number of nitrogens with one attached hydrogen (secondary N) is 1. The molecule has 0 fully saturated rings. The van der Waals surface area contributed by atoms with Gasteiger partial charge in [-0.3, -0.25) is 0 Å². The third-order valence-corrected chi connectivity index (χ3v) is 3.12. The Kier molecular flexibility index (Phi) is 4.15. The molecule has 0 heterocycles. The predicted octanol–water partition coefficient (Wildman–Crippen LogP) is 2.97. The van der Waals surface area contributed by atoms with Crippen LogP contribution in [-0.4, -0.2) is 12.2 Å². The number of hydrogen-bond donors (Lipinski definition) is 2. The average Bonchev–Trinajstić information content (AvgIpc) is 2.42. The molecule has 0 aliphatic heterocycles. The quantitative estimate of drug-likeness (QED) is 0.651. The zero-order valence-electron chi connectivity index (χ0n) is 11.6. The van der Waals surface area contributed by atoms with Crippen LogP contribution in [0.2, 0.25) is 0 Å². The van der Waals surface area contributed by atoms with E-state index in [1.54, 1.807) is 6.21 Å². The first-order chi connectivity index (χ1) is 9.56. The molecule has 2 rings (SSSR count). The zero-order valence-corrected chi connectivity index (χ0v) is 11.6. The molecular formula is C16H17N3O. The zero-order chi connectivity index (χ0) is 14.5. The van der Waals surface area contributed by atoms with Gasteiger partial charge in [-0.2, -0.15) is 5.10 Å². The second kappa shape index (κ2) is 6.02. The van der Waals surface area contributed by atoms with Crippen LogP contribution in [0.3, 0.4) is 0 Å². The monoisotopic (exact) mass is 267 g/mol. The highest BCUT2D eigenvalue weighted by Gasteiger charge is 2.00. The third-order valence-electron chi connectivity index (χ3n) is 3.12. The number of carbonyl (C=O) groups excluding carboxylic acids is 1. The van der Waals surface area contributed by atoms with E-state index < -0.39 is 6.03 Å². The summed E-state index contributed by atoms with van der Waals surface area (Å²) in [5.74, 6) is 0. The first-order valence-corrected chi connectivity index (χ1v) is 6.32. The predicted molar refractivity (Wildman–Crippen MR) is 81.7 cm³/mol. The summed E-state index contributed by atoms with van der Waals surface area (Å²) in [6, 6.07) is 13.6. The maximum absolute atomic E-state index is 10.5. The third kappa shape index (κ3) is 3.45. The number of rotatable bonds is 3. The summed E-state index contributed by atoms with van der Waals surface area (Å²) in [7, 11) is 0. The lowest BCUT2D eigenvalue weighted by Gasteiger charge is -2.06. The number of primary amides is 1. The Morgan fingerprint density at radius 1 is 1.10 bits per heavy atom. The highest BCUT2D eigenvalue weighted by atomic mass is 16.2. The normalized spacial score (nSPS) is 10.7. The molecular weight excluding hydrogens is 250 g/mol. The van der Waals surface area contributed by atoms with Crippen molar-refractivity contribution in [2.75, 3.05) is 0 Å². The van der Waals surface area contributed by atoms with Gasteiger partial charge in [-0.25, -0.2) is 10.2 Å². The van der Waals surface area contributed by atoms with Gasteiger partial charge in [-0.05, 0) is 47.7 Å². The Labute approximate surface area is 118 Å². The molecule has 3 N–H and O–H groups in total. The Bertz CT molecular complexity index is 663. The molecule has 0 bridgehead atoms. The van der Waals surface area contributed by atoms with Gasteiger partial charge >= 0.3 is 6.03 Å². The summed E-state index contributed by atoms with van der Waals surface area (Å²) in [5, 5.41) is 3.76. The maximum Gasteiger partial charge on any atom is 0.332 e. The number of aryl methyl sites for hydroxylation is 2. The van der Waals surface area contributed by atoms with Gasteiger partial charge in [0.25, 0.3) is 0 Å². The van der Waals surface area contributed by atoms with E-state index in [2.05, 4.69) is 42.6 Å². The number of hydrogen-bond acceptors (Lipinski definition) is 2. The summed E-state index contributed by atoms with van der Waals surface area (Å²) in [6.07, 6.45) is 1.56. The topological polar surface area (TPSA) is 67.5 Å². The fourth-order valence-electron chi connectivity index (χ4n) is 1.89. The van der Waals surface area contributed by atoms with Gasteiger partial charge < -0.3 is 5.73 Å². The second-order valence-electron chi connectivity index (χ2n) is 4.66. The summed E-state index contributed by atoms with van der Waals surface area (Å²) < 4.78 is 0. The number of hydrazone groups is 1. The molecule has 0 saturated heterocycles. The molecule has 0 radical (unpaired) electrons. The molecule has 4 nitrogen and oxygen atoms in total. The van der Waals surface area contributed by atoms with Crippen LogP contribution in [0.15, 0.2) is 47.6 Å². The van der Waals surface area contributed by atoms with Crippen molar-refractivity contribution in [3.05, 3.63) is 59.2 Å². The van der Waals surface area contributed by atoms with Crippen LogP contribution in [0.5, 0.6) is 0 Å². The lowest BCUT2D eigenvalue weighted by molar-refractivity contribution is 0.249. The van der Waals surface area contributed by atoms with E-state index in [1.165, 1.54) is 11.1 Å². The lowest BCUT2D eigenvalue weighted by Crippen LogP contribution is -2.24. The fourth-order valence-corrected chi connectivity index (χ4v) is 1.89. The number of benzene rings is 2. The Morgan fingerprint density at radius 3 is 2.55 bits per heavy atom. The Morgan fingerprint density at radius 2 is 1.85 bits per heavy atom. The fraction of sp³-hybridized carbons (Fsp3) is 0.125. The van der Waals surface area contributed by atoms with E-state index in [0.717, 1.165) is 16.7 Å². The van der Waals surface area contributed by atoms with Crippen LogP contribution in [0.1, 0.15) is 16.7 Å². The van der Waals surface area contributed by atoms with Gasteiger partial charge in [0.2, 0.25) is 0 Å². The van der Waals surface area contributed by atoms with E-state index in [-0.39, 0.29) is 0 Å². The minimum atomic E-state index is -0.674. The van der Waals surface area contributed by atoms with Crippen molar-refractivity contribution < 1.29 is 4.79 Å². The molecule has 0 unspecified atom stereocenters. The highest BCUT2D eigenvalue weighted by molar-refractivity contribution is 5.83. The molecule has 102 valence electrons. The van der Waals surface area contributed by atoms with Crippen molar-refractivity contribution in [2.45, 2.75) is 13.8 Å². The van der Waals surface area contributed by atoms with Crippen LogP contribution in [-0.2, 0) is 0 Å². The number of urea groups is 1. The molecule has 0 aromatic heterocycles. The van der Waals surface area contributed by atoms with Crippen molar-refractivity contribution in [3.63, 3.8) is 0 Å². The van der Waals surface area contributed by atoms with Crippen LogP contribution in [0, 0.1) is 13.8 Å². The van der Waals surface area contributed by atoms with Crippen molar-refractivity contribution in [2.24, 2.45) is 10.8 Å². The second-order valence-corrected chi connectivity index (χ2v) is 4.66. The minimum Gasteiger partial charge on any atom is -0.350 e. The van der Waals surface area contributed by atoms with Crippen molar-refractivity contribution >= 4 is 12.2 Å². The van der Waals surface area contributed by atoms with Crippen LogP contribution in [0.4, 0.5) is 4.79 Å². The number of nitrogens with zero attached hydrogens (tertiary/aromatic N) is 1. The van der Waals surface area contributed by atoms with Gasteiger partial charge in [0.15, 0.2) is 0 Å². The van der Waals surface area contributed by atoms with Gasteiger partial charge in [0.1, 0.15) is 0 Å². The Balaban J connectivity index is 2.27. The number of carbonyl (C=O) groups is 1. The summed E-state index contributed by atoms with van der Waals surface area (Å²) in [4.78, 5) is 10.5. The van der Waals surface area contributed by atoms with Crippen LogP contribution < -0.4 is 11.2 Å². The number of amides is 2. The Hall–Kier alpha value is -2.62. The van der Waals surface area contributed by atoms with Crippen LogP contribution >= 0.6 is 0 Å². The van der Waals surface area contributed by atoms with Gasteiger partial charge in [-0.1, -0.05) is 36.4 Å². The van der Waals surface area contributed by atoms with Crippen molar-refractivity contribution in [1.82, 2.24) is 5.43 Å². The van der Waals surface area contributed by atoms with Crippen molar-refractivity contribution in [3.8, 4) is 11.1 Å². The first kappa shape index (κ1) is 13.8. The SMILES string of the molecule is Cc1ccc(-c2cccc(C=NNC(N)=O)c2)cc1C. The molecule has 20 heavy (non-hydrogen) atoms. The van der Waals surface area contributed by atoms with E-state index in [0.29, 0.717) is 0 Å². The van der Waals surface area contributed by atoms with E-state index in [4.69, 9.17) is 5.73 Å². The molecule has 2 amide bonds. The lowest BCUT2D eigenvalue weighted by atomic mass is 9.99. The largest absolute Gasteiger partial charge is 0.350 e. The van der Waals surface area contributed by atoms with Crippen molar-refractivity contribution in [1.29, 1.82) is 0 Å². The standard InChI is InChI=1S/C16H17N3O/c1-11-6-7-15(8-12(11)2)14-5-3-4-13(9-14)10-18-19-16(17)20/h3-10H,1-2H3,(H3,17,19,20). The minimum absolute atomic E-state index is 0.674. The molecule has 0 atom stereocenters. The summed E-state index contributed by atoms with van der Waals surface area (Å²) in [5.41, 5.74) is 12.8. The molecule has 0 aliphatic carbocycles. The molecule has 2 aromatic carbocycles. The molecule has 4 heteroatoms. The van der Waals surface area contributed by atoms with Gasteiger partial charge in [0, 0.05) is 0 Å². The van der Waals surface area contributed by atoms with Gasteiger partial charge in [-0.15, -0.1) is 0 Å². The average molecular weight is 267 g/mol. The van der Waals surface area contributed by atoms with E-state index in [9.17, 15) is 4.79 Å². The van der Waals surface area contributed by atoms with Crippen LogP contribution in [0.25, 0.3) is 11.1 Å². The smallest absolute Gasteiger partial charge is 0.332 e. The molecule has 0 spiro atoms. The maximum atomic E-state index is 10.5. The summed E-state index contributed by atoms with van der Waals surface area (Å²) >= 11 is 0. The molecule has 0 aliphatic rings.